The fourth-order valence-electron chi connectivity index (χ4n) is 3.43. The molecule has 2 heterocycles. The van der Waals surface area contributed by atoms with Gasteiger partial charge in [0.25, 0.3) is 11.8 Å². The van der Waals surface area contributed by atoms with Gasteiger partial charge in [0, 0.05) is 34.9 Å². The zero-order valence-electron chi connectivity index (χ0n) is 19.4. The van der Waals surface area contributed by atoms with Crippen LogP contribution in [0.25, 0.3) is 0 Å². The first-order valence-electron chi connectivity index (χ1n) is 11.1. The molecule has 4 amide bonds. The van der Waals surface area contributed by atoms with Crippen molar-refractivity contribution in [3.8, 4) is 0 Å². The number of amides is 4. The molecule has 2 aromatic rings. The molecule has 4 rings (SSSR count). The van der Waals surface area contributed by atoms with Crippen molar-refractivity contribution in [2.75, 3.05) is 23.7 Å². The Balaban J connectivity index is 1.35. The number of thiocarbonyl (C=S) groups is 2. The van der Waals surface area contributed by atoms with Crippen LogP contribution in [0.2, 0.25) is 0 Å². The summed E-state index contributed by atoms with van der Waals surface area (Å²) in [5, 5.41) is 5.57. The molecule has 2 fully saturated rings. The van der Waals surface area contributed by atoms with Crippen LogP contribution in [-0.2, 0) is 19.2 Å². The zero-order chi connectivity index (χ0) is 27.4. The fourth-order valence-corrected chi connectivity index (χ4v) is 6.97. The summed E-state index contributed by atoms with van der Waals surface area (Å²) in [5.74, 6) is -1.45. The van der Waals surface area contributed by atoms with Gasteiger partial charge in [-0.3, -0.25) is 29.0 Å². The van der Waals surface area contributed by atoms with Crippen molar-refractivity contribution in [3.05, 3.63) is 67.3 Å². The highest BCUT2D eigenvalue weighted by atomic mass is 79.9. The summed E-state index contributed by atoms with van der Waals surface area (Å²) in [5.41, 5.74) is 1.24. The van der Waals surface area contributed by atoms with Gasteiger partial charge >= 0.3 is 0 Å². The Kier molecular flexibility index (Phi) is 9.76. The largest absolute Gasteiger partial charge is 0.325 e. The molecule has 0 aliphatic carbocycles. The van der Waals surface area contributed by atoms with Crippen molar-refractivity contribution in [1.29, 1.82) is 0 Å². The molecule has 38 heavy (non-hydrogen) atoms. The van der Waals surface area contributed by atoms with E-state index in [1.165, 1.54) is 9.80 Å². The fraction of sp³-hybridized carbons (Fsp3) is 0.167. The number of para-hydroxylation sites is 2. The second kappa shape index (κ2) is 12.8. The first kappa shape index (κ1) is 28.9. The minimum Gasteiger partial charge on any atom is -0.325 e. The number of anilines is 2. The lowest BCUT2D eigenvalue weighted by Crippen LogP contribution is -2.33. The van der Waals surface area contributed by atoms with Gasteiger partial charge in [-0.05, 0) is 56.1 Å². The predicted octanol–water partition coefficient (Wildman–Crippen LogP) is 5.50. The van der Waals surface area contributed by atoms with Crippen molar-refractivity contribution >= 4 is 123 Å². The molecule has 0 bridgehead atoms. The summed E-state index contributed by atoms with van der Waals surface area (Å²) in [7, 11) is 0. The number of hydrogen-bond donors (Lipinski definition) is 2. The number of benzene rings is 2. The smallest absolute Gasteiger partial charge is 0.267 e. The number of carbonyl (C=O) groups excluding carboxylic acids is 4. The molecule has 2 saturated heterocycles. The van der Waals surface area contributed by atoms with Gasteiger partial charge in [-0.1, -0.05) is 72.2 Å². The van der Waals surface area contributed by atoms with Gasteiger partial charge in [-0.2, -0.15) is 0 Å². The molecule has 0 atom stereocenters. The highest BCUT2D eigenvalue weighted by Gasteiger charge is 2.42. The standard InChI is InChI=1S/C24H18Br2N4O4S4/c25-13-5-1-3-7-15(13)27-17(31)9-11-29-21(33)19(37-23(29)35)20-22(34)30(24(36)38-20)12-10-18(32)28-16-8-4-2-6-14(16)26/h1-8H,9-12H2,(H,27,31)(H,28,32). The van der Waals surface area contributed by atoms with Crippen LogP contribution < -0.4 is 10.6 Å². The van der Waals surface area contributed by atoms with Gasteiger partial charge in [-0.15, -0.1) is 0 Å². The van der Waals surface area contributed by atoms with E-state index in [1.807, 2.05) is 24.3 Å². The lowest BCUT2D eigenvalue weighted by atomic mass is 10.3. The molecule has 0 unspecified atom stereocenters. The van der Waals surface area contributed by atoms with Gasteiger partial charge in [-0.25, -0.2) is 0 Å². The van der Waals surface area contributed by atoms with Crippen LogP contribution in [0, 0.1) is 0 Å². The zero-order valence-corrected chi connectivity index (χ0v) is 25.8. The van der Waals surface area contributed by atoms with Gasteiger partial charge in [0.1, 0.15) is 8.64 Å². The topological polar surface area (TPSA) is 98.8 Å². The molecule has 2 aromatic carbocycles. The Morgan fingerprint density at radius 2 is 1.08 bits per heavy atom. The minimum absolute atomic E-state index is 0.0225. The molecule has 2 aliphatic heterocycles. The number of carbonyl (C=O) groups is 4. The molecule has 0 saturated carbocycles. The summed E-state index contributed by atoms with van der Waals surface area (Å²) in [6, 6.07) is 14.4. The normalized spacial score (nSPS) is 17.4. The van der Waals surface area contributed by atoms with E-state index < -0.39 is 11.8 Å². The first-order chi connectivity index (χ1) is 18.2. The van der Waals surface area contributed by atoms with Crippen LogP contribution in [0.3, 0.4) is 0 Å². The Bertz CT molecular complexity index is 1300. The maximum Gasteiger partial charge on any atom is 0.267 e. The van der Waals surface area contributed by atoms with Gasteiger partial charge < -0.3 is 10.6 Å². The molecule has 0 radical (unpaired) electrons. The number of halogens is 2. The van der Waals surface area contributed by atoms with Gasteiger partial charge in [0.2, 0.25) is 11.8 Å². The number of nitrogens with one attached hydrogen (secondary N) is 2. The quantitative estimate of drug-likeness (QED) is 0.274. The molecule has 196 valence electrons. The Morgan fingerprint density at radius 3 is 1.45 bits per heavy atom. The highest BCUT2D eigenvalue weighted by molar-refractivity contribution is 9.11. The third-order valence-electron chi connectivity index (χ3n) is 5.33. The van der Waals surface area contributed by atoms with Crippen LogP contribution in [0.4, 0.5) is 11.4 Å². The summed E-state index contributed by atoms with van der Waals surface area (Å²) >= 11 is 19.5. The van der Waals surface area contributed by atoms with E-state index in [-0.39, 0.29) is 56.2 Å². The monoisotopic (exact) mass is 712 g/mol. The van der Waals surface area contributed by atoms with E-state index >= 15 is 0 Å². The molecule has 8 nitrogen and oxygen atoms in total. The first-order valence-corrected chi connectivity index (χ1v) is 15.1. The number of thioether (sulfide) groups is 2. The summed E-state index contributed by atoms with van der Waals surface area (Å²) < 4.78 is 2.01. The van der Waals surface area contributed by atoms with Crippen molar-refractivity contribution < 1.29 is 19.2 Å². The van der Waals surface area contributed by atoms with Gasteiger partial charge in [0.15, 0.2) is 0 Å². The average Bonchev–Trinajstić information content (AvgIpc) is 3.32. The highest BCUT2D eigenvalue weighted by Crippen LogP contribution is 2.42. The Hall–Kier alpha value is -2.10. The minimum atomic E-state index is -0.444. The number of nitrogens with zero attached hydrogens (tertiary/aromatic N) is 2. The third kappa shape index (κ3) is 6.72. The summed E-state index contributed by atoms with van der Waals surface area (Å²) in [4.78, 5) is 54.1. The van der Waals surface area contributed by atoms with Gasteiger partial charge in [0.05, 0.1) is 21.2 Å². The summed E-state index contributed by atoms with van der Waals surface area (Å²) in [6.07, 6.45) is 0.0449. The SMILES string of the molecule is O=C(CCN1C(=O)C(=C2SC(=S)N(CCC(=O)Nc3ccccc3Br)C2=O)SC1=S)Nc1ccccc1Br. The van der Waals surface area contributed by atoms with E-state index in [0.29, 0.717) is 11.4 Å². The molecule has 2 aliphatic rings. The van der Waals surface area contributed by atoms with Crippen LogP contribution in [0.5, 0.6) is 0 Å². The van der Waals surface area contributed by atoms with E-state index in [4.69, 9.17) is 24.4 Å². The average molecular weight is 715 g/mol. The lowest BCUT2D eigenvalue weighted by Gasteiger charge is -2.15. The van der Waals surface area contributed by atoms with Crippen LogP contribution in [0.15, 0.2) is 67.3 Å². The van der Waals surface area contributed by atoms with Crippen LogP contribution >= 0.6 is 79.8 Å². The number of rotatable bonds is 8. The Labute approximate surface area is 254 Å². The van der Waals surface area contributed by atoms with E-state index in [9.17, 15) is 19.2 Å². The van der Waals surface area contributed by atoms with E-state index in [2.05, 4.69) is 42.5 Å². The second-order valence-electron chi connectivity index (χ2n) is 7.86. The third-order valence-corrected chi connectivity index (χ3v) is 9.73. The van der Waals surface area contributed by atoms with Crippen molar-refractivity contribution in [3.63, 3.8) is 0 Å². The molecule has 0 spiro atoms. The van der Waals surface area contributed by atoms with E-state index in [1.54, 1.807) is 24.3 Å². The molecule has 0 aromatic heterocycles. The maximum atomic E-state index is 13.1. The van der Waals surface area contributed by atoms with Crippen molar-refractivity contribution in [1.82, 2.24) is 9.80 Å². The lowest BCUT2D eigenvalue weighted by molar-refractivity contribution is -0.125. The molecular weight excluding hydrogens is 696 g/mol. The molecule has 2 N–H and O–H groups in total. The molecular formula is C24H18Br2N4O4S4. The Morgan fingerprint density at radius 1 is 0.711 bits per heavy atom. The van der Waals surface area contributed by atoms with Crippen molar-refractivity contribution in [2.45, 2.75) is 12.8 Å². The van der Waals surface area contributed by atoms with Crippen LogP contribution in [-0.4, -0.2) is 55.2 Å². The maximum absolute atomic E-state index is 13.1. The number of hydrogen-bond acceptors (Lipinski definition) is 8. The second-order valence-corrected chi connectivity index (χ2v) is 12.9. The molecule has 14 heteroatoms. The summed E-state index contributed by atoms with van der Waals surface area (Å²) in [6.45, 7) is 0.139. The van der Waals surface area contributed by atoms with Crippen LogP contribution in [0.1, 0.15) is 12.8 Å². The van der Waals surface area contributed by atoms with E-state index in [0.717, 1.165) is 32.5 Å². The van der Waals surface area contributed by atoms with Crippen molar-refractivity contribution in [2.24, 2.45) is 0 Å². The predicted molar refractivity (Wildman–Crippen MR) is 166 cm³/mol.